The second kappa shape index (κ2) is 26.4. The van der Waals surface area contributed by atoms with Crippen molar-refractivity contribution in [3.63, 3.8) is 0 Å². The normalized spacial score (nSPS) is 37.6. The van der Waals surface area contributed by atoms with Gasteiger partial charge in [0.05, 0.1) is 12.2 Å². The van der Waals surface area contributed by atoms with Gasteiger partial charge in [-0.3, -0.25) is 14.4 Å². The number of methoxy groups -OCH3 is 1. The van der Waals surface area contributed by atoms with Crippen LogP contribution in [0.4, 0.5) is 0 Å². The lowest BCUT2D eigenvalue weighted by Crippen LogP contribution is -2.45. The first kappa shape index (κ1) is 49.6. The molecular weight excluding hydrogens is 725 g/mol. The summed E-state index contributed by atoms with van der Waals surface area (Å²) in [6.45, 7) is 20.5. The number of fused-ring (bicyclic) bond motifs is 2. The molecule has 1 saturated carbocycles. The zero-order valence-electron chi connectivity index (χ0n) is 37.7. The first-order chi connectivity index (χ1) is 27.7. The van der Waals surface area contributed by atoms with Crippen molar-refractivity contribution in [2.24, 2.45) is 47.2 Å². The zero-order chi connectivity index (χ0) is 42.6. The fourth-order valence-electron chi connectivity index (χ4n) is 9.19. The van der Waals surface area contributed by atoms with Crippen LogP contribution < -0.4 is 11.1 Å². The Bertz CT molecular complexity index is 1390. The summed E-state index contributed by atoms with van der Waals surface area (Å²) < 4.78 is 19.1. The lowest BCUT2D eigenvalue weighted by Gasteiger charge is -2.37. The van der Waals surface area contributed by atoms with Crippen LogP contribution in [0.3, 0.4) is 0 Å². The predicted molar refractivity (Wildman–Crippen MR) is 238 cm³/mol. The third-order valence-corrected chi connectivity index (χ3v) is 13.5. The Hall–Kier alpha value is -2.81. The topological polar surface area (TPSA) is 117 Å². The van der Waals surface area contributed by atoms with Crippen molar-refractivity contribution in [3.8, 4) is 0 Å². The highest BCUT2D eigenvalue weighted by Crippen LogP contribution is 2.34. The molecule has 1 amide bonds. The number of carbonyl (C=O) groups excluding carboxylic acids is 3. The summed E-state index contributed by atoms with van der Waals surface area (Å²) in [5.41, 5.74) is 10.00. The summed E-state index contributed by atoms with van der Waals surface area (Å²) in [7, 11) is 1.72. The van der Waals surface area contributed by atoms with Crippen LogP contribution in [-0.4, -0.2) is 62.3 Å². The van der Waals surface area contributed by atoms with E-state index in [2.05, 4.69) is 96.8 Å². The average molecular weight is 807 g/mol. The number of ether oxygens (including phenoxy) is 3. The van der Waals surface area contributed by atoms with Gasteiger partial charge in [0.1, 0.15) is 18.1 Å². The van der Waals surface area contributed by atoms with E-state index >= 15 is 0 Å². The number of nitrogens with one attached hydrogen (secondary N) is 1. The van der Waals surface area contributed by atoms with Crippen LogP contribution in [0, 0.1) is 41.4 Å². The number of allylic oxidation sites excluding steroid dienone is 8. The van der Waals surface area contributed by atoms with Gasteiger partial charge < -0.3 is 25.3 Å². The van der Waals surface area contributed by atoms with Crippen molar-refractivity contribution in [2.75, 3.05) is 13.7 Å². The summed E-state index contributed by atoms with van der Waals surface area (Å²) in [4.78, 5) is 39.8. The lowest BCUT2D eigenvalue weighted by molar-refractivity contribution is -0.166. The minimum absolute atomic E-state index is 0.0199. The molecule has 8 unspecified atom stereocenters. The highest BCUT2D eigenvalue weighted by Gasteiger charge is 2.41. The van der Waals surface area contributed by atoms with Gasteiger partial charge in [0.25, 0.3) is 0 Å². The Morgan fingerprint density at radius 1 is 0.845 bits per heavy atom. The predicted octanol–water partition coefficient (Wildman–Crippen LogP) is 10.6. The second-order valence-corrected chi connectivity index (χ2v) is 18.7. The molecule has 2 heterocycles. The Kier molecular flexibility index (Phi) is 22.6. The van der Waals surface area contributed by atoms with Crippen molar-refractivity contribution in [3.05, 3.63) is 59.8 Å². The van der Waals surface area contributed by atoms with E-state index in [1.54, 1.807) is 7.11 Å². The van der Waals surface area contributed by atoms with Gasteiger partial charge >= 0.3 is 5.97 Å². The second-order valence-electron chi connectivity index (χ2n) is 18.7. The first-order valence-corrected chi connectivity index (χ1v) is 22.9. The maximum Gasteiger partial charge on any atom is 0.316 e. The molecule has 0 aromatic carbocycles. The molecule has 2 aliphatic heterocycles. The summed E-state index contributed by atoms with van der Waals surface area (Å²) in [5.74, 6) is 0.597. The van der Waals surface area contributed by atoms with E-state index in [9.17, 15) is 14.4 Å². The average Bonchev–Trinajstić information content (AvgIpc) is 3.19. The summed E-state index contributed by atoms with van der Waals surface area (Å²) in [6.07, 6.45) is 26.1. The standard InChI is InChI=1S/C50H82N2O6/c1-34-15-11-10-12-16-36(3)47(56-9)32-45-26-19-37(4)49(57-45)48(54)46(17-13-14-28-52-33-53)50(55)58-44(27-22-42-20-23-43(51)24-21-42)25-18-35(2)30-39(6)41(8)31-40(7)38(5)29-34/h10-12,15-16,30,33-35,37-38,41-47,49H,7,13-14,17-29,31-32,51H2,1-6,8-9H3,(H,52,53)/b12-10+,15-11+,36-16+,39-30+/t34?,35?,37-,38?,41?,42?,43?,44?,45+,46?,47?,49?/m1/s1. The monoisotopic (exact) mass is 807 g/mol. The van der Waals surface area contributed by atoms with Crippen molar-refractivity contribution >= 4 is 18.2 Å². The first-order valence-electron chi connectivity index (χ1n) is 22.9. The Labute approximate surface area is 353 Å². The number of carbonyl (C=O) groups is 3. The Morgan fingerprint density at radius 3 is 2.29 bits per heavy atom. The zero-order valence-corrected chi connectivity index (χ0v) is 37.7. The molecule has 8 heteroatoms. The number of esters is 1. The van der Waals surface area contributed by atoms with Gasteiger partial charge in [0, 0.05) is 26.1 Å². The van der Waals surface area contributed by atoms with Crippen LogP contribution in [0.2, 0.25) is 0 Å². The van der Waals surface area contributed by atoms with E-state index in [1.807, 2.05) is 0 Å². The third kappa shape index (κ3) is 17.4. The maximum atomic E-state index is 14.5. The molecular formula is C50H82N2O6. The van der Waals surface area contributed by atoms with Crippen molar-refractivity contribution in [1.82, 2.24) is 5.32 Å². The molecule has 328 valence electrons. The third-order valence-electron chi connectivity index (χ3n) is 13.5. The number of Topliss-reactive ketones (excluding diaryl/α,β-unsaturated/α-hetero) is 1. The highest BCUT2D eigenvalue weighted by atomic mass is 16.5. The number of nitrogens with two attached hydrogens (primary N) is 1. The summed E-state index contributed by atoms with van der Waals surface area (Å²) >= 11 is 0. The SMILES string of the molecule is C=C1CC(C)/C(C)=C/C(C)CCC(CCC2CCC(N)CC2)OC(=O)C(CCCCNC=O)C(=O)C2O[C@@H](CC[C@H]2C)CC(OC)/C(C)=C/C=C/C=C/C(C)CC1C. The fraction of sp³-hybridized carbons (Fsp3) is 0.740. The molecule has 58 heavy (non-hydrogen) atoms. The van der Waals surface area contributed by atoms with Crippen LogP contribution >= 0.6 is 0 Å². The van der Waals surface area contributed by atoms with Crippen LogP contribution in [0.5, 0.6) is 0 Å². The van der Waals surface area contributed by atoms with Crippen molar-refractivity contribution < 1.29 is 28.6 Å². The van der Waals surface area contributed by atoms with Gasteiger partial charge in [0.15, 0.2) is 5.78 Å². The molecule has 0 radical (unpaired) electrons. The fourth-order valence-corrected chi connectivity index (χ4v) is 9.19. The number of amides is 1. The molecule has 1 saturated heterocycles. The van der Waals surface area contributed by atoms with Crippen molar-refractivity contribution in [2.45, 2.75) is 182 Å². The van der Waals surface area contributed by atoms with E-state index in [1.165, 1.54) is 11.1 Å². The largest absolute Gasteiger partial charge is 0.462 e. The number of rotatable bonds is 10. The van der Waals surface area contributed by atoms with Crippen LogP contribution in [0.1, 0.15) is 151 Å². The Balaban J connectivity index is 1.93. The van der Waals surface area contributed by atoms with E-state index in [0.29, 0.717) is 68.2 Å². The molecule has 0 spiro atoms. The minimum atomic E-state index is -0.920. The quantitative estimate of drug-likeness (QED) is 0.0742. The number of hydrogen-bond acceptors (Lipinski definition) is 7. The van der Waals surface area contributed by atoms with Crippen LogP contribution in [0.15, 0.2) is 59.8 Å². The molecule has 3 rings (SSSR count). The molecule has 10 atom stereocenters. The Morgan fingerprint density at radius 2 is 1.59 bits per heavy atom. The van der Waals surface area contributed by atoms with E-state index in [0.717, 1.165) is 82.6 Å². The van der Waals surface area contributed by atoms with Gasteiger partial charge in [-0.1, -0.05) is 95.2 Å². The van der Waals surface area contributed by atoms with E-state index in [-0.39, 0.29) is 36.1 Å². The van der Waals surface area contributed by atoms with Gasteiger partial charge in [-0.25, -0.2) is 0 Å². The number of unbranched alkanes of at least 4 members (excludes halogenated alkanes) is 1. The minimum Gasteiger partial charge on any atom is -0.462 e. The molecule has 8 nitrogen and oxygen atoms in total. The van der Waals surface area contributed by atoms with Gasteiger partial charge in [0.2, 0.25) is 6.41 Å². The molecule has 0 aromatic rings. The van der Waals surface area contributed by atoms with Crippen LogP contribution in [0.25, 0.3) is 0 Å². The number of cyclic esters (lactones) is 1. The lowest BCUT2D eigenvalue weighted by atomic mass is 9.82. The molecule has 2 fully saturated rings. The van der Waals surface area contributed by atoms with E-state index in [4.69, 9.17) is 19.9 Å². The molecule has 0 aromatic heterocycles. The molecule has 2 bridgehead atoms. The van der Waals surface area contributed by atoms with Gasteiger partial charge in [-0.2, -0.15) is 0 Å². The number of hydrogen-bond donors (Lipinski definition) is 2. The van der Waals surface area contributed by atoms with Gasteiger partial charge in [-0.05, 0) is 145 Å². The smallest absolute Gasteiger partial charge is 0.316 e. The van der Waals surface area contributed by atoms with Crippen molar-refractivity contribution in [1.29, 1.82) is 0 Å². The maximum absolute atomic E-state index is 14.5. The van der Waals surface area contributed by atoms with E-state index < -0.39 is 18.0 Å². The number of ketones is 1. The van der Waals surface area contributed by atoms with Crippen LogP contribution in [-0.2, 0) is 28.6 Å². The summed E-state index contributed by atoms with van der Waals surface area (Å²) in [6, 6.07) is 0.287. The molecule has 1 aliphatic carbocycles. The highest BCUT2D eigenvalue weighted by molar-refractivity contribution is 6.01. The molecule has 3 N–H and O–H groups in total. The van der Waals surface area contributed by atoms with Gasteiger partial charge in [-0.15, -0.1) is 0 Å². The summed E-state index contributed by atoms with van der Waals surface area (Å²) in [5, 5.41) is 2.71. The molecule has 3 aliphatic rings.